The van der Waals surface area contributed by atoms with Crippen LogP contribution in [0.1, 0.15) is 24.6 Å². The van der Waals surface area contributed by atoms with E-state index < -0.39 is 11.7 Å². The first-order valence-electron chi connectivity index (χ1n) is 6.22. The smallest absolute Gasteiger partial charge is 0.374 e. The average molecular weight is 334 g/mol. The van der Waals surface area contributed by atoms with E-state index in [1.807, 2.05) is 0 Å². The minimum Gasteiger partial charge on any atom is -0.374 e. The van der Waals surface area contributed by atoms with Gasteiger partial charge < -0.3 is 5.32 Å². The van der Waals surface area contributed by atoms with Crippen LogP contribution in [0.5, 0.6) is 0 Å². The maximum Gasteiger partial charge on any atom is 0.417 e. The summed E-state index contributed by atoms with van der Waals surface area (Å²) in [5, 5.41) is 8.66. The van der Waals surface area contributed by atoms with Crippen LogP contribution in [-0.2, 0) is 11.9 Å². The molecular formula is C12H13F3N4S2. The summed E-state index contributed by atoms with van der Waals surface area (Å²) in [4.78, 5) is 3.81. The lowest BCUT2D eigenvalue weighted by Crippen LogP contribution is -2.05. The zero-order chi connectivity index (χ0) is 15.3. The molecule has 0 radical (unpaired) electrons. The normalized spacial score (nSPS) is 11.6. The van der Waals surface area contributed by atoms with Gasteiger partial charge in [-0.1, -0.05) is 23.2 Å². The third-order valence-corrected chi connectivity index (χ3v) is 4.19. The number of thioether (sulfide) groups is 1. The van der Waals surface area contributed by atoms with Crippen LogP contribution in [0, 0.1) is 0 Å². The molecule has 0 saturated heterocycles. The zero-order valence-corrected chi connectivity index (χ0v) is 12.8. The summed E-state index contributed by atoms with van der Waals surface area (Å²) < 4.78 is 41.2. The molecule has 0 atom stereocenters. The van der Waals surface area contributed by atoms with Crippen molar-refractivity contribution < 1.29 is 13.2 Å². The van der Waals surface area contributed by atoms with Crippen LogP contribution >= 0.6 is 23.3 Å². The molecule has 1 N–H and O–H groups in total. The summed E-state index contributed by atoms with van der Waals surface area (Å²) in [6, 6.07) is 2.40. The van der Waals surface area contributed by atoms with E-state index in [0.717, 1.165) is 35.9 Å². The Morgan fingerprint density at radius 2 is 2.14 bits per heavy atom. The van der Waals surface area contributed by atoms with Gasteiger partial charge in [0.05, 0.1) is 10.6 Å². The van der Waals surface area contributed by atoms with Crippen LogP contribution < -0.4 is 5.32 Å². The SMILES string of the molecule is CCCNc1snnc1CSc1ccc(C(F)(F)F)cn1. The van der Waals surface area contributed by atoms with Crippen molar-refractivity contribution in [2.45, 2.75) is 30.3 Å². The highest BCUT2D eigenvalue weighted by Crippen LogP contribution is 2.31. The molecular weight excluding hydrogens is 321 g/mol. The van der Waals surface area contributed by atoms with Crippen molar-refractivity contribution in [1.29, 1.82) is 0 Å². The maximum absolute atomic E-state index is 12.4. The fourth-order valence-electron chi connectivity index (χ4n) is 1.45. The van der Waals surface area contributed by atoms with Gasteiger partial charge in [-0.15, -0.1) is 5.10 Å². The highest BCUT2D eigenvalue weighted by Gasteiger charge is 2.30. The monoisotopic (exact) mass is 334 g/mol. The third-order valence-electron chi connectivity index (χ3n) is 2.51. The molecule has 114 valence electrons. The van der Waals surface area contributed by atoms with Gasteiger partial charge in [0.25, 0.3) is 0 Å². The van der Waals surface area contributed by atoms with Crippen molar-refractivity contribution in [3.8, 4) is 0 Å². The second kappa shape index (κ2) is 7.08. The predicted molar refractivity (Wildman–Crippen MR) is 77.5 cm³/mol. The highest BCUT2D eigenvalue weighted by molar-refractivity contribution is 7.98. The fraction of sp³-hybridized carbons (Fsp3) is 0.417. The number of nitrogens with one attached hydrogen (secondary N) is 1. The molecule has 2 aromatic heterocycles. The highest BCUT2D eigenvalue weighted by atomic mass is 32.2. The molecule has 0 aliphatic heterocycles. The van der Waals surface area contributed by atoms with Crippen LogP contribution in [0.2, 0.25) is 0 Å². The molecule has 0 aromatic carbocycles. The van der Waals surface area contributed by atoms with Crippen molar-refractivity contribution in [3.63, 3.8) is 0 Å². The molecule has 9 heteroatoms. The second-order valence-corrected chi connectivity index (χ2v) is 5.90. The van der Waals surface area contributed by atoms with Gasteiger partial charge in [-0.3, -0.25) is 0 Å². The van der Waals surface area contributed by atoms with Crippen LogP contribution in [0.15, 0.2) is 23.4 Å². The molecule has 0 aliphatic carbocycles. The molecule has 2 heterocycles. The maximum atomic E-state index is 12.4. The Labute approximate surface area is 128 Å². The van der Waals surface area contributed by atoms with Crippen LogP contribution in [0.25, 0.3) is 0 Å². The Morgan fingerprint density at radius 3 is 2.76 bits per heavy atom. The van der Waals surface area contributed by atoms with Gasteiger partial charge in [0.2, 0.25) is 0 Å². The predicted octanol–water partition coefficient (Wildman–Crippen LogP) is 4.07. The molecule has 0 saturated carbocycles. The number of halogens is 3. The molecule has 0 fully saturated rings. The van der Waals surface area contributed by atoms with Gasteiger partial charge in [0, 0.05) is 30.0 Å². The largest absolute Gasteiger partial charge is 0.417 e. The summed E-state index contributed by atoms with van der Waals surface area (Å²) in [6.07, 6.45) is -2.52. The van der Waals surface area contributed by atoms with Crippen molar-refractivity contribution in [1.82, 2.24) is 14.6 Å². The summed E-state index contributed by atoms with van der Waals surface area (Å²) in [5.74, 6) is 0.515. The van der Waals surface area contributed by atoms with Crippen LogP contribution in [-0.4, -0.2) is 21.1 Å². The van der Waals surface area contributed by atoms with Gasteiger partial charge in [-0.25, -0.2) is 4.98 Å². The van der Waals surface area contributed by atoms with E-state index in [-0.39, 0.29) is 0 Å². The number of alkyl halides is 3. The molecule has 2 rings (SSSR count). The first-order chi connectivity index (χ1) is 10.0. The zero-order valence-electron chi connectivity index (χ0n) is 11.1. The Hall–Kier alpha value is -1.35. The van der Waals surface area contributed by atoms with Crippen molar-refractivity contribution >= 4 is 28.3 Å². The van der Waals surface area contributed by atoms with E-state index in [9.17, 15) is 13.2 Å². The summed E-state index contributed by atoms with van der Waals surface area (Å²) in [5.41, 5.74) is 0.0487. The Bertz CT molecular complexity index is 569. The van der Waals surface area contributed by atoms with E-state index in [4.69, 9.17) is 0 Å². The van der Waals surface area contributed by atoms with Crippen molar-refractivity contribution in [2.75, 3.05) is 11.9 Å². The molecule has 0 spiro atoms. The number of hydrogen-bond donors (Lipinski definition) is 1. The lowest BCUT2D eigenvalue weighted by atomic mass is 10.3. The average Bonchev–Trinajstić information content (AvgIpc) is 2.90. The summed E-state index contributed by atoms with van der Waals surface area (Å²) >= 11 is 2.61. The number of nitrogens with zero attached hydrogens (tertiary/aromatic N) is 3. The summed E-state index contributed by atoms with van der Waals surface area (Å²) in [6.45, 7) is 2.89. The molecule has 0 amide bonds. The number of rotatable bonds is 6. The van der Waals surface area contributed by atoms with E-state index >= 15 is 0 Å². The van der Waals surface area contributed by atoms with Gasteiger partial charge in [-0.2, -0.15) is 13.2 Å². The van der Waals surface area contributed by atoms with E-state index in [2.05, 4.69) is 26.8 Å². The van der Waals surface area contributed by atoms with Gasteiger partial charge in [0.1, 0.15) is 10.7 Å². The molecule has 4 nitrogen and oxygen atoms in total. The topological polar surface area (TPSA) is 50.7 Å². The Balaban J connectivity index is 1.95. The third kappa shape index (κ3) is 4.57. The van der Waals surface area contributed by atoms with Gasteiger partial charge >= 0.3 is 6.18 Å². The van der Waals surface area contributed by atoms with Crippen LogP contribution in [0.4, 0.5) is 18.2 Å². The summed E-state index contributed by atoms with van der Waals surface area (Å²) in [7, 11) is 0. The standard InChI is InChI=1S/C12H13F3N4S2/c1-2-5-16-11-9(18-19-21-11)7-20-10-4-3-8(6-17-10)12(13,14)15/h3-4,6,16H,2,5,7H2,1H3. The molecule has 0 unspecified atom stereocenters. The minimum atomic E-state index is -4.35. The Morgan fingerprint density at radius 1 is 1.33 bits per heavy atom. The quantitative estimate of drug-likeness (QED) is 0.807. The van der Waals surface area contributed by atoms with Gasteiger partial charge in [0.15, 0.2) is 0 Å². The first-order valence-corrected chi connectivity index (χ1v) is 7.97. The fourth-order valence-corrected chi connectivity index (χ4v) is 2.93. The number of aromatic nitrogens is 3. The second-order valence-electron chi connectivity index (χ2n) is 4.15. The molecule has 0 aliphatic rings. The number of pyridine rings is 1. The lowest BCUT2D eigenvalue weighted by Gasteiger charge is -2.06. The lowest BCUT2D eigenvalue weighted by molar-refractivity contribution is -0.137. The van der Waals surface area contributed by atoms with Crippen LogP contribution in [0.3, 0.4) is 0 Å². The molecule has 21 heavy (non-hydrogen) atoms. The number of anilines is 1. The molecule has 0 bridgehead atoms. The van der Waals surface area contributed by atoms with E-state index in [0.29, 0.717) is 10.8 Å². The van der Waals surface area contributed by atoms with Crippen molar-refractivity contribution in [3.05, 3.63) is 29.6 Å². The molecule has 2 aromatic rings. The van der Waals surface area contributed by atoms with E-state index in [1.165, 1.54) is 29.4 Å². The Kier molecular flexibility index (Phi) is 5.40. The van der Waals surface area contributed by atoms with E-state index in [1.54, 1.807) is 0 Å². The van der Waals surface area contributed by atoms with Gasteiger partial charge in [-0.05, 0) is 18.6 Å². The first kappa shape index (κ1) is 16.0. The number of hydrogen-bond acceptors (Lipinski definition) is 6. The minimum absolute atomic E-state index is 0.515. The van der Waals surface area contributed by atoms with Crippen molar-refractivity contribution in [2.24, 2.45) is 0 Å².